The van der Waals surface area contributed by atoms with Crippen LogP contribution in [0.3, 0.4) is 0 Å². The average Bonchev–Trinajstić information content (AvgIpc) is 3.07. The van der Waals surface area contributed by atoms with E-state index in [4.69, 9.17) is 10.00 Å². The minimum Gasteiger partial charge on any atom is -0.376 e. The van der Waals surface area contributed by atoms with Crippen LogP contribution in [-0.2, 0) is 4.74 Å². The first kappa shape index (κ1) is 14.3. The normalized spacial score (nSPS) is 17.0. The molecule has 1 saturated heterocycles. The predicted molar refractivity (Wildman–Crippen MR) is 83.9 cm³/mol. The van der Waals surface area contributed by atoms with E-state index in [2.05, 4.69) is 26.7 Å². The zero-order valence-corrected chi connectivity index (χ0v) is 12.1. The number of nitrogens with zero attached hydrogens (tertiary/aromatic N) is 3. The van der Waals surface area contributed by atoms with Crippen LogP contribution in [0.5, 0.6) is 0 Å². The minimum absolute atomic E-state index is 0.255. The maximum absolute atomic E-state index is 9.10. The Bertz CT molecular complexity index is 676. The highest BCUT2D eigenvalue weighted by atomic mass is 16.5. The lowest BCUT2D eigenvalue weighted by Crippen LogP contribution is -2.19. The van der Waals surface area contributed by atoms with Crippen molar-refractivity contribution in [3.05, 3.63) is 42.1 Å². The van der Waals surface area contributed by atoms with Crippen molar-refractivity contribution in [1.82, 2.24) is 9.97 Å². The topological polar surface area (TPSA) is 82.9 Å². The smallest absolute Gasteiger partial charge is 0.229 e. The summed E-state index contributed by atoms with van der Waals surface area (Å²) in [5.41, 5.74) is 1.25. The predicted octanol–water partition coefficient (Wildman–Crippen LogP) is 2.68. The van der Waals surface area contributed by atoms with Crippen molar-refractivity contribution in [2.75, 3.05) is 23.8 Å². The van der Waals surface area contributed by atoms with Crippen LogP contribution in [0, 0.1) is 11.3 Å². The largest absolute Gasteiger partial charge is 0.376 e. The van der Waals surface area contributed by atoms with Crippen molar-refractivity contribution < 1.29 is 4.74 Å². The second-order valence-corrected chi connectivity index (χ2v) is 5.06. The van der Waals surface area contributed by atoms with Crippen molar-refractivity contribution in [3.63, 3.8) is 0 Å². The maximum atomic E-state index is 9.10. The summed E-state index contributed by atoms with van der Waals surface area (Å²) in [6.07, 6.45) is 4.14. The molecule has 0 spiro atoms. The van der Waals surface area contributed by atoms with E-state index in [9.17, 15) is 0 Å². The Morgan fingerprint density at radius 2 is 2.23 bits per heavy atom. The monoisotopic (exact) mass is 295 g/mol. The molecule has 1 atom stereocenters. The lowest BCUT2D eigenvalue weighted by Gasteiger charge is -2.12. The zero-order valence-electron chi connectivity index (χ0n) is 12.1. The molecule has 0 radical (unpaired) electrons. The molecular weight excluding hydrogens is 278 g/mol. The third kappa shape index (κ3) is 3.51. The molecule has 0 saturated carbocycles. The first-order valence-corrected chi connectivity index (χ1v) is 7.30. The van der Waals surface area contributed by atoms with E-state index in [0.717, 1.165) is 31.8 Å². The van der Waals surface area contributed by atoms with Crippen molar-refractivity contribution in [3.8, 4) is 6.07 Å². The van der Waals surface area contributed by atoms with Crippen LogP contribution in [0.2, 0.25) is 0 Å². The quantitative estimate of drug-likeness (QED) is 0.882. The van der Waals surface area contributed by atoms with Crippen LogP contribution in [0.25, 0.3) is 0 Å². The highest BCUT2D eigenvalue weighted by Crippen LogP contribution is 2.18. The number of nitriles is 1. The van der Waals surface area contributed by atoms with Gasteiger partial charge in [-0.1, -0.05) is 12.1 Å². The summed E-state index contributed by atoms with van der Waals surface area (Å²) in [5.74, 6) is 1.20. The van der Waals surface area contributed by atoms with E-state index in [1.54, 1.807) is 12.3 Å². The molecule has 1 aromatic carbocycles. The number of benzene rings is 1. The molecule has 1 unspecified atom stereocenters. The molecule has 6 nitrogen and oxygen atoms in total. The number of aromatic nitrogens is 2. The van der Waals surface area contributed by atoms with Crippen LogP contribution in [0.1, 0.15) is 18.4 Å². The molecule has 2 heterocycles. The van der Waals surface area contributed by atoms with Crippen LogP contribution in [-0.4, -0.2) is 29.2 Å². The van der Waals surface area contributed by atoms with Gasteiger partial charge >= 0.3 is 0 Å². The van der Waals surface area contributed by atoms with E-state index in [0.29, 0.717) is 17.2 Å². The fraction of sp³-hybridized carbons (Fsp3) is 0.312. The molecule has 1 aromatic heterocycles. The molecule has 6 heteroatoms. The van der Waals surface area contributed by atoms with Gasteiger partial charge in [0.05, 0.1) is 17.4 Å². The summed E-state index contributed by atoms with van der Waals surface area (Å²) in [4.78, 5) is 8.59. The number of nitrogens with one attached hydrogen (secondary N) is 2. The first-order valence-electron chi connectivity index (χ1n) is 7.30. The van der Waals surface area contributed by atoms with E-state index < -0.39 is 0 Å². The molecule has 22 heavy (non-hydrogen) atoms. The van der Waals surface area contributed by atoms with Crippen LogP contribution in [0.15, 0.2) is 36.5 Å². The van der Waals surface area contributed by atoms with Gasteiger partial charge in [-0.15, -0.1) is 0 Å². The van der Waals surface area contributed by atoms with Crippen molar-refractivity contribution in [2.45, 2.75) is 18.9 Å². The van der Waals surface area contributed by atoms with E-state index >= 15 is 0 Å². The number of hydrogen-bond acceptors (Lipinski definition) is 6. The maximum Gasteiger partial charge on any atom is 0.229 e. The van der Waals surface area contributed by atoms with Gasteiger partial charge in [0.15, 0.2) is 0 Å². The molecule has 112 valence electrons. The van der Waals surface area contributed by atoms with Crippen LogP contribution < -0.4 is 10.6 Å². The Labute approximate surface area is 129 Å². The fourth-order valence-corrected chi connectivity index (χ4v) is 2.35. The van der Waals surface area contributed by atoms with Gasteiger partial charge in [-0.25, -0.2) is 4.98 Å². The highest BCUT2D eigenvalue weighted by Gasteiger charge is 2.15. The third-order valence-corrected chi connectivity index (χ3v) is 3.48. The molecule has 0 amide bonds. The van der Waals surface area contributed by atoms with Gasteiger partial charge in [0.1, 0.15) is 11.9 Å². The number of ether oxygens (including phenoxy) is 1. The minimum atomic E-state index is 0.255. The summed E-state index contributed by atoms with van der Waals surface area (Å²) in [7, 11) is 0. The third-order valence-electron chi connectivity index (χ3n) is 3.48. The van der Waals surface area contributed by atoms with Crippen molar-refractivity contribution in [2.24, 2.45) is 0 Å². The molecule has 0 bridgehead atoms. The summed E-state index contributed by atoms with van der Waals surface area (Å²) < 4.78 is 5.57. The van der Waals surface area contributed by atoms with Crippen LogP contribution in [0.4, 0.5) is 17.5 Å². The lowest BCUT2D eigenvalue weighted by atomic mass is 10.2. The molecular formula is C16H17N5O. The Morgan fingerprint density at radius 1 is 1.32 bits per heavy atom. The Balaban J connectivity index is 1.67. The molecule has 1 fully saturated rings. The van der Waals surface area contributed by atoms with Gasteiger partial charge in [0.25, 0.3) is 0 Å². The summed E-state index contributed by atoms with van der Waals surface area (Å²) in [5, 5.41) is 15.4. The molecule has 3 rings (SSSR count). The van der Waals surface area contributed by atoms with Gasteiger partial charge in [-0.2, -0.15) is 10.2 Å². The van der Waals surface area contributed by atoms with Crippen LogP contribution >= 0.6 is 0 Å². The molecule has 0 aliphatic carbocycles. The molecule has 1 aliphatic heterocycles. The van der Waals surface area contributed by atoms with Gasteiger partial charge in [-0.05, 0) is 31.0 Å². The zero-order chi connectivity index (χ0) is 15.2. The fourth-order valence-electron chi connectivity index (χ4n) is 2.35. The molecule has 2 aromatic rings. The number of hydrogen-bond donors (Lipinski definition) is 2. The highest BCUT2D eigenvalue weighted by molar-refractivity contribution is 5.63. The first-order chi connectivity index (χ1) is 10.8. The van der Waals surface area contributed by atoms with Gasteiger partial charge in [0.2, 0.25) is 5.95 Å². The number of anilines is 3. The summed E-state index contributed by atoms with van der Waals surface area (Å²) in [6.45, 7) is 1.58. The van der Waals surface area contributed by atoms with E-state index in [1.165, 1.54) is 0 Å². The molecule has 1 aliphatic rings. The second kappa shape index (κ2) is 6.87. The van der Waals surface area contributed by atoms with Crippen molar-refractivity contribution in [1.29, 1.82) is 5.26 Å². The summed E-state index contributed by atoms with van der Waals surface area (Å²) in [6, 6.07) is 11.2. The van der Waals surface area contributed by atoms with Gasteiger partial charge in [0, 0.05) is 19.3 Å². The van der Waals surface area contributed by atoms with E-state index in [-0.39, 0.29) is 6.10 Å². The van der Waals surface area contributed by atoms with Gasteiger partial charge in [-0.3, -0.25) is 0 Å². The Kier molecular flexibility index (Phi) is 4.47. The standard InChI is InChI=1S/C16H17N5O/c17-10-12-4-1-2-6-14(12)20-16-18-8-7-15(21-16)19-11-13-5-3-9-22-13/h1-2,4,6-8,13H,3,5,9,11H2,(H2,18,19,20,21). The Morgan fingerprint density at radius 3 is 3.05 bits per heavy atom. The average molecular weight is 295 g/mol. The SMILES string of the molecule is N#Cc1ccccc1Nc1nccc(NCC2CCCO2)n1. The molecule has 2 N–H and O–H groups in total. The lowest BCUT2D eigenvalue weighted by molar-refractivity contribution is 0.120. The number of rotatable bonds is 5. The second-order valence-electron chi connectivity index (χ2n) is 5.06. The van der Waals surface area contributed by atoms with E-state index in [1.807, 2.05) is 24.3 Å². The summed E-state index contributed by atoms with van der Waals surface area (Å²) >= 11 is 0. The van der Waals surface area contributed by atoms with Crippen molar-refractivity contribution >= 4 is 17.5 Å². The number of para-hydroxylation sites is 1. The Hall–Kier alpha value is -2.65. The van der Waals surface area contributed by atoms with Gasteiger partial charge < -0.3 is 15.4 Å².